The molecular weight excluding hydrogens is 468 g/mol. The van der Waals surface area contributed by atoms with E-state index in [-0.39, 0.29) is 18.8 Å². The van der Waals surface area contributed by atoms with E-state index in [9.17, 15) is 18.0 Å². The van der Waals surface area contributed by atoms with Crippen LogP contribution in [0.15, 0.2) is 48.5 Å². The van der Waals surface area contributed by atoms with E-state index < -0.39 is 27.9 Å². The Balaban J connectivity index is 2.03. The van der Waals surface area contributed by atoms with Gasteiger partial charge in [-0.05, 0) is 36.1 Å². The van der Waals surface area contributed by atoms with Gasteiger partial charge in [0.15, 0.2) is 0 Å². The van der Waals surface area contributed by atoms with Crippen LogP contribution in [0.3, 0.4) is 0 Å². The van der Waals surface area contributed by atoms with Crippen molar-refractivity contribution in [3.8, 4) is 5.75 Å². The molecule has 180 valence electrons. The van der Waals surface area contributed by atoms with Gasteiger partial charge in [-0.1, -0.05) is 55.8 Å². The monoisotopic (exact) mass is 496 g/mol. The predicted molar refractivity (Wildman–Crippen MR) is 128 cm³/mol. The summed E-state index contributed by atoms with van der Waals surface area (Å²) in [6.07, 6.45) is 0.114. The lowest BCUT2D eigenvalue weighted by molar-refractivity contribution is -0.118. The lowest BCUT2D eigenvalue weighted by atomic mass is 10.2. The van der Waals surface area contributed by atoms with E-state index in [0.29, 0.717) is 29.0 Å². The number of hydrogen-bond acceptors (Lipinski definition) is 6. The number of carbonyl (C=O) groups excluding carboxylic acids is 2. The number of ether oxygens (including phenoxy) is 2. The van der Waals surface area contributed by atoms with Crippen LogP contribution in [0.5, 0.6) is 5.75 Å². The molecule has 0 saturated heterocycles. The molecule has 0 radical (unpaired) electrons. The van der Waals surface area contributed by atoms with Gasteiger partial charge in [0, 0.05) is 11.9 Å². The summed E-state index contributed by atoms with van der Waals surface area (Å²) in [6, 6.07) is 12.7. The molecule has 0 aromatic heterocycles. The first-order valence-electron chi connectivity index (χ1n) is 10.4. The highest BCUT2D eigenvalue weighted by atomic mass is 35.5. The number of rotatable bonds is 11. The Hall–Kier alpha value is -2.78. The average Bonchev–Trinajstić information content (AvgIpc) is 2.74. The topological polar surface area (TPSA) is 111 Å². The number of sulfone groups is 1. The van der Waals surface area contributed by atoms with Crippen molar-refractivity contribution in [3.05, 3.63) is 59.1 Å². The van der Waals surface area contributed by atoms with Crippen LogP contribution in [0.2, 0.25) is 5.02 Å². The molecule has 0 aliphatic rings. The smallest absolute Gasteiger partial charge is 0.408 e. The fourth-order valence-electron chi connectivity index (χ4n) is 2.69. The first kappa shape index (κ1) is 26.5. The van der Waals surface area contributed by atoms with Crippen LogP contribution in [-0.2, 0) is 26.0 Å². The van der Waals surface area contributed by atoms with Gasteiger partial charge in [-0.2, -0.15) is 0 Å². The van der Waals surface area contributed by atoms with Crippen LogP contribution < -0.4 is 15.4 Å². The van der Waals surface area contributed by atoms with Crippen LogP contribution in [0.4, 0.5) is 10.5 Å². The Labute approximate surface area is 199 Å². The van der Waals surface area contributed by atoms with Crippen LogP contribution in [0.25, 0.3) is 0 Å². The summed E-state index contributed by atoms with van der Waals surface area (Å²) in [5.41, 5.74) is 1.16. The highest BCUT2D eigenvalue weighted by Crippen LogP contribution is 2.28. The van der Waals surface area contributed by atoms with Crippen LogP contribution >= 0.6 is 11.6 Å². The third kappa shape index (κ3) is 10.1. The number of alkyl carbamates (subject to hydrolysis) is 1. The quantitative estimate of drug-likeness (QED) is 0.485. The summed E-state index contributed by atoms with van der Waals surface area (Å²) in [7, 11) is -3.35. The van der Waals surface area contributed by atoms with Gasteiger partial charge < -0.3 is 20.1 Å². The standard InChI is InChI=1S/C23H29ClN2O6S/c1-16(2)14-31-21-10-9-18(13-19(21)24)25-22(27)20(11-12-33(3,29)30)26-23(28)32-15-17-7-5-4-6-8-17/h4-10,13,16,20H,11-12,14-15H2,1-3H3,(H,25,27)(H,26,28). The largest absolute Gasteiger partial charge is 0.492 e. The molecule has 0 aliphatic carbocycles. The van der Waals surface area contributed by atoms with E-state index >= 15 is 0 Å². The molecule has 0 bridgehead atoms. The first-order valence-corrected chi connectivity index (χ1v) is 12.9. The van der Waals surface area contributed by atoms with Crippen LogP contribution in [0.1, 0.15) is 25.8 Å². The number of benzene rings is 2. The van der Waals surface area contributed by atoms with Crippen molar-refractivity contribution >= 4 is 39.1 Å². The van der Waals surface area contributed by atoms with E-state index in [2.05, 4.69) is 10.6 Å². The summed E-state index contributed by atoms with van der Waals surface area (Å²) < 4.78 is 34.0. The second-order valence-corrected chi connectivity index (χ2v) is 10.7. The molecule has 2 aromatic carbocycles. The van der Waals surface area contributed by atoms with Crippen molar-refractivity contribution in [1.29, 1.82) is 0 Å². The Bertz CT molecular complexity index is 1040. The summed E-state index contributed by atoms with van der Waals surface area (Å²) in [5, 5.41) is 5.41. The predicted octanol–water partition coefficient (Wildman–Crippen LogP) is 4.04. The minimum Gasteiger partial charge on any atom is -0.492 e. The molecule has 8 nitrogen and oxygen atoms in total. The highest BCUT2D eigenvalue weighted by molar-refractivity contribution is 7.90. The molecule has 10 heteroatoms. The van der Waals surface area contributed by atoms with Gasteiger partial charge in [-0.25, -0.2) is 13.2 Å². The number of halogens is 1. The molecule has 33 heavy (non-hydrogen) atoms. The zero-order valence-corrected chi connectivity index (χ0v) is 20.4. The molecule has 0 saturated carbocycles. The Morgan fingerprint density at radius 2 is 1.79 bits per heavy atom. The maximum absolute atomic E-state index is 12.8. The third-order valence-electron chi connectivity index (χ3n) is 4.37. The van der Waals surface area contributed by atoms with Crippen molar-refractivity contribution in [3.63, 3.8) is 0 Å². The van der Waals surface area contributed by atoms with E-state index in [4.69, 9.17) is 21.1 Å². The fraction of sp³-hybridized carbons (Fsp3) is 0.391. The second kappa shape index (κ2) is 12.5. The first-order chi connectivity index (χ1) is 15.5. The minimum absolute atomic E-state index is 0.0144. The maximum Gasteiger partial charge on any atom is 0.408 e. The number of nitrogens with one attached hydrogen (secondary N) is 2. The Morgan fingerprint density at radius 3 is 2.39 bits per heavy atom. The lowest BCUT2D eigenvalue weighted by Gasteiger charge is -2.18. The van der Waals surface area contributed by atoms with Crippen molar-refractivity contribution in [2.24, 2.45) is 5.92 Å². The maximum atomic E-state index is 12.8. The van der Waals surface area contributed by atoms with E-state index in [0.717, 1.165) is 11.8 Å². The van der Waals surface area contributed by atoms with E-state index in [1.807, 2.05) is 32.0 Å². The van der Waals surface area contributed by atoms with Gasteiger partial charge in [0.25, 0.3) is 0 Å². The van der Waals surface area contributed by atoms with E-state index in [1.54, 1.807) is 24.3 Å². The lowest BCUT2D eigenvalue weighted by Crippen LogP contribution is -2.45. The minimum atomic E-state index is -3.35. The highest BCUT2D eigenvalue weighted by Gasteiger charge is 2.23. The summed E-state index contributed by atoms with van der Waals surface area (Å²) in [6.45, 7) is 4.53. The van der Waals surface area contributed by atoms with Crippen molar-refractivity contribution in [2.45, 2.75) is 32.9 Å². The summed E-state index contributed by atoms with van der Waals surface area (Å²) in [4.78, 5) is 25.0. The number of anilines is 1. The van der Waals surface area contributed by atoms with Crippen molar-refractivity contribution in [1.82, 2.24) is 5.32 Å². The number of amides is 2. The fourth-order valence-corrected chi connectivity index (χ4v) is 3.59. The molecular formula is C23H29ClN2O6S. The molecule has 0 fully saturated rings. The van der Waals surface area contributed by atoms with E-state index in [1.165, 1.54) is 6.07 Å². The summed E-state index contributed by atoms with van der Waals surface area (Å²) >= 11 is 6.24. The van der Waals surface area contributed by atoms with Gasteiger partial charge in [0.2, 0.25) is 5.91 Å². The number of hydrogen-bond donors (Lipinski definition) is 2. The zero-order chi connectivity index (χ0) is 24.4. The molecule has 1 atom stereocenters. The molecule has 2 amide bonds. The van der Waals surface area contributed by atoms with Gasteiger partial charge in [-0.3, -0.25) is 4.79 Å². The molecule has 0 spiro atoms. The average molecular weight is 497 g/mol. The summed E-state index contributed by atoms with van der Waals surface area (Å²) in [5.74, 6) is -0.0714. The Morgan fingerprint density at radius 1 is 1.09 bits per heavy atom. The molecule has 2 rings (SSSR count). The van der Waals surface area contributed by atoms with Gasteiger partial charge >= 0.3 is 6.09 Å². The SMILES string of the molecule is CC(C)COc1ccc(NC(=O)C(CCS(C)(=O)=O)NC(=O)OCc2ccccc2)cc1Cl. The zero-order valence-electron chi connectivity index (χ0n) is 18.8. The van der Waals surface area contributed by atoms with Crippen molar-refractivity contribution in [2.75, 3.05) is 23.9 Å². The van der Waals surface area contributed by atoms with Gasteiger partial charge in [0.1, 0.15) is 28.2 Å². The van der Waals surface area contributed by atoms with Gasteiger partial charge in [0.05, 0.1) is 17.4 Å². The van der Waals surface area contributed by atoms with Crippen LogP contribution in [0, 0.1) is 5.92 Å². The van der Waals surface area contributed by atoms with Gasteiger partial charge in [-0.15, -0.1) is 0 Å². The third-order valence-corrected chi connectivity index (χ3v) is 5.64. The molecule has 0 heterocycles. The molecule has 2 aromatic rings. The van der Waals surface area contributed by atoms with Crippen LogP contribution in [-0.4, -0.2) is 45.1 Å². The molecule has 0 aliphatic heterocycles. The Kier molecular flexibility index (Phi) is 9.99. The number of carbonyl (C=O) groups is 2. The normalized spacial score (nSPS) is 12.2. The second-order valence-electron chi connectivity index (χ2n) is 8.02. The van der Waals surface area contributed by atoms with Crippen molar-refractivity contribution < 1.29 is 27.5 Å². The molecule has 2 N–H and O–H groups in total. The molecule has 1 unspecified atom stereocenters.